The van der Waals surface area contributed by atoms with Crippen LogP contribution in [0.3, 0.4) is 0 Å². The number of hydrogen-bond donors (Lipinski definition) is 1. The third-order valence-electron chi connectivity index (χ3n) is 2.49. The van der Waals surface area contributed by atoms with Crippen LogP contribution in [0.4, 0.5) is 8.78 Å². The molecule has 0 aromatic heterocycles. The summed E-state index contributed by atoms with van der Waals surface area (Å²) >= 11 is 3.06. The van der Waals surface area contributed by atoms with Crippen molar-refractivity contribution in [3.05, 3.63) is 33.8 Å². The van der Waals surface area contributed by atoms with Crippen molar-refractivity contribution in [3.63, 3.8) is 0 Å². The first-order valence-electron chi connectivity index (χ1n) is 4.57. The van der Waals surface area contributed by atoms with Gasteiger partial charge in [0.05, 0.1) is 4.47 Å². The van der Waals surface area contributed by atoms with E-state index in [9.17, 15) is 8.78 Å². The zero-order valence-electron chi connectivity index (χ0n) is 7.90. The fourth-order valence-corrected chi connectivity index (χ4v) is 2.14. The van der Waals surface area contributed by atoms with Gasteiger partial charge in [-0.15, -0.1) is 12.4 Å². The third-order valence-corrected chi connectivity index (χ3v) is 3.10. The lowest BCUT2D eigenvalue weighted by molar-refractivity contribution is 0.504. The highest BCUT2D eigenvalue weighted by Crippen LogP contribution is 2.31. The van der Waals surface area contributed by atoms with Gasteiger partial charge >= 0.3 is 0 Å². The van der Waals surface area contributed by atoms with Crippen molar-refractivity contribution in [2.45, 2.75) is 18.9 Å². The molecule has 5 heteroatoms. The van der Waals surface area contributed by atoms with E-state index in [-0.39, 0.29) is 24.0 Å². The Morgan fingerprint density at radius 3 is 2.67 bits per heavy atom. The largest absolute Gasteiger partial charge is 0.310 e. The zero-order valence-corrected chi connectivity index (χ0v) is 10.3. The summed E-state index contributed by atoms with van der Waals surface area (Å²) in [5, 5.41) is 3.08. The first kappa shape index (κ1) is 12.9. The molecule has 0 bridgehead atoms. The van der Waals surface area contributed by atoms with Crippen LogP contribution in [0.15, 0.2) is 16.6 Å². The summed E-state index contributed by atoms with van der Waals surface area (Å²) in [6, 6.07) is 2.51. The molecule has 1 N–H and O–H groups in total. The van der Waals surface area contributed by atoms with E-state index >= 15 is 0 Å². The summed E-state index contributed by atoms with van der Waals surface area (Å²) in [4.78, 5) is 0. The molecule has 1 fully saturated rings. The maximum absolute atomic E-state index is 13.6. The number of nitrogens with one attached hydrogen (secondary N) is 1. The fraction of sp³-hybridized carbons (Fsp3) is 0.400. The molecule has 0 spiro atoms. The van der Waals surface area contributed by atoms with Crippen LogP contribution in [0.1, 0.15) is 24.4 Å². The van der Waals surface area contributed by atoms with Crippen molar-refractivity contribution < 1.29 is 8.78 Å². The van der Waals surface area contributed by atoms with Crippen molar-refractivity contribution in [1.29, 1.82) is 0 Å². The van der Waals surface area contributed by atoms with Gasteiger partial charge in [0.25, 0.3) is 0 Å². The van der Waals surface area contributed by atoms with Gasteiger partial charge in [0.2, 0.25) is 0 Å². The molecule has 1 atom stereocenters. The Bertz CT molecular complexity index is 354. The van der Waals surface area contributed by atoms with Gasteiger partial charge in [0, 0.05) is 11.6 Å². The molecule has 1 aromatic rings. The van der Waals surface area contributed by atoms with Gasteiger partial charge in [-0.25, -0.2) is 8.78 Å². The van der Waals surface area contributed by atoms with Gasteiger partial charge in [-0.2, -0.15) is 0 Å². The summed E-state index contributed by atoms with van der Waals surface area (Å²) in [6.07, 6.45) is 1.76. The molecule has 2 rings (SSSR count). The Balaban J connectivity index is 0.00000112. The molecular formula is C10H11BrClF2N. The minimum atomic E-state index is -0.482. The van der Waals surface area contributed by atoms with Crippen molar-refractivity contribution >= 4 is 28.3 Å². The van der Waals surface area contributed by atoms with Crippen LogP contribution in [0.25, 0.3) is 0 Å². The zero-order chi connectivity index (χ0) is 10.1. The van der Waals surface area contributed by atoms with E-state index in [4.69, 9.17) is 0 Å². The molecule has 0 aliphatic carbocycles. The highest BCUT2D eigenvalue weighted by molar-refractivity contribution is 9.10. The van der Waals surface area contributed by atoms with Crippen molar-refractivity contribution in [3.8, 4) is 0 Å². The summed E-state index contributed by atoms with van der Waals surface area (Å²) in [7, 11) is 0. The monoisotopic (exact) mass is 297 g/mol. The molecule has 0 radical (unpaired) electrons. The van der Waals surface area contributed by atoms with Crippen LogP contribution >= 0.6 is 28.3 Å². The average molecular weight is 299 g/mol. The minimum absolute atomic E-state index is 0. The van der Waals surface area contributed by atoms with E-state index in [1.807, 2.05) is 0 Å². The maximum Gasteiger partial charge on any atom is 0.145 e. The molecule has 15 heavy (non-hydrogen) atoms. The molecule has 1 heterocycles. The van der Waals surface area contributed by atoms with Crippen LogP contribution in [0.2, 0.25) is 0 Å². The number of benzene rings is 1. The van der Waals surface area contributed by atoms with Gasteiger partial charge in [-0.05, 0) is 47.4 Å². The van der Waals surface area contributed by atoms with Crippen molar-refractivity contribution in [2.75, 3.05) is 6.54 Å². The summed E-state index contributed by atoms with van der Waals surface area (Å²) < 4.78 is 27.3. The minimum Gasteiger partial charge on any atom is -0.310 e. The lowest BCUT2D eigenvalue weighted by Crippen LogP contribution is -2.16. The number of rotatable bonds is 1. The normalized spacial score (nSPS) is 20.1. The lowest BCUT2D eigenvalue weighted by Gasteiger charge is -2.13. The quantitative estimate of drug-likeness (QED) is 0.782. The average Bonchev–Trinajstić information content (AvgIpc) is 2.65. The standard InChI is InChI=1S/C10H10BrF2N.ClH/c11-6-3-4-7(12)9(10(6)13)8-2-1-5-14-8;/h3-4,8,14H,1-2,5H2;1H/t8-;/m1./s1. The van der Waals surface area contributed by atoms with Crippen molar-refractivity contribution in [2.24, 2.45) is 0 Å². The van der Waals surface area contributed by atoms with Crippen LogP contribution in [0, 0.1) is 11.6 Å². The Labute approximate surface area is 102 Å². The fourth-order valence-electron chi connectivity index (χ4n) is 1.79. The lowest BCUT2D eigenvalue weighted by atomic mass is 10.0. The molecule has 1 saturated heterocycles. The molecule has 1 aromatic carbocycles. The van der Waals surface area contributed by atoms with Gasteiger partial charge in [-0.3, -0.25) is 0 Å². The predicted molar refractivity (Wildman–Crippen MR) is 61.3 cm³/mol. The van der Waals surface area contributed by atoms with E-state index in [0.29, 0.717) is 4.47 Å². The van der Waals surface area contributed by atoms with Crippen molar-refractivity contribution in [1.82, 2.24) is 5.32 Å². The Morgan fingerprint density at radius 1 is 1.33 bits per heavy atom. The second-order valence-corrected chi connectivity index (χ2v) is 4.26. The molecule has 0 saturated carbocycles. The van der Waals surface area contributed by atoms with Crippen LogP contribution in [-0.2, 0) is 0 Å². The van der Waals surface area contributed by atoms with Crippen LogP contribution < -0.4 is 5.32 Å². The van der Waals surface area contributed by atoms with Crippen LogP contribution in [-0.4, -0.2) is 6.54 Å². The molecular weight excluding hydrogens is 287 g/mol. The first-order valence-corrected chi connectivity index (χ1v) is 5.36. The molecule has 1 nitrogen and oxygen atoms in total. The number of hydrogen-bond acceptors (Lipinski definition) is 1. The smallest absolute Gasteiger partial charge is 0.145 e. The van der Waals surface area contributed by atoms with Crippen LogP contribution in [0.5, 0.6) is 0 Å². The van der Waals surface area contributed by atoms with E-state index in [0.717, 1.165) is 19.4 Å². The van der Waals surface area contributed by atoms with Gasteiger partial charge < -0.3 is 5.32 Å². The maximum atomic E-state index is 13.6. The number of halogens is 4. The van der Waals surface area contributed by atoms with E-state index in [1.54, 1.807) is 0 Å². The molecule has 1 aliphatic rings. The highest BCUT2D eigenvalue weighted by Gasteiger charge is 2.24. The molecule has 1 aliphatic heterocycles. The molecule has 0 unspecified atom stereocenters. The predicted octanol–water partition coefficient (Wildman–Crippen LogP) is 3.57. The summed E-state index contributed by atoms with van der Waals surface area (Å²) in [5.74, 6) is -0.950. The molecule has 84 valence electrons. The van der Waals surface area contributed by atoms with Gasteiger partial charge in [0.15, 0.2) is 0 Å². The second-order valence-electron chi connectivity index (χ2n) is 3.41. The van der Waals surface area contributed by atoms with E-state index < -0.39 is 11.6 Å². The van der Waals surface area contributed by atoms with E-state index in [1.165, 1.54) is 12.1 Å². The Kier molecular flexibility index (Phi) is 4.49. The van der Waals surface area contributed by atoms with Gasteiger partial charge in [-0.1, -0.05) is 0 Å². The summed E-state index contributed by atoms with van der Waals surface area (Å²) in [6.45, 7) is 0.829. The first-order chi connectivity index (χ1) is 6.70. The van der Waals surface area contributed by atoms with E-state index in [2.05, 4.69) is 21.2 Å². The third kappa shape index (κ3) is 2.49. The molecule has 0 amide bonds. The second kappa shape index (κ2) is 5.23. The van der Waals surface area contributed by atoms with Gasteiger partial charge in [0.1, 0.15) is 11.6 Å². The topological polar surface area (TPSA) is 12.0 Å². The highest BCUT2D eigenvalue weighted by atomic mass is 79.9. The SMILES string of the molecule is Cl.Fc1ccc(Br)c(F)c1[C@H]1CCCN1. The summed E-state index contributed by atoms with van der Waals surface area (Å²) in [5.41, 5.74) is 0.164. The Hall–Kier alpha value is -0.190. The Morgan fingerprint density at radius 2 is 2.07 bits per heavy atom.